The Morgan fingerprint density at radius 3 is 2.38 bits per heavy atom. The molecule has 6 N–H and O–H groups in total. The molecule has 1 amide bonds. The Morgan fingerprint density at radius 1 is 1.38 bits per heavy atom. The molecular formula is C5H9MnN3O4. The van der Waals surface area contributed by atoms with Gasteiger partial charge in [-0.25, -0.2) is 10.5 Å². The Labute approximate surface area is 84.3 Å². The van der Waals surface area contributed by atoms with E-state index in [1.165, 1.54) is 24.1 Å². The molecule has 0 unspecified atom stereocenters. The molecule has 0 atom stereocenters. The first-order valence-corrected chi connectivity index (χ1v) is 2.55. The number of nitrogens with one attached hydrogen (secondary N) is 1. The van der Waals surface area contributed by atoms with Gasteiger partial charge < -0.3 is 11.0 Å². The van der Waals surface area contributed by atoms with Crippen molar-refractivity contribution in [1.82, 2.24) is 15.4 Å². The van der Waals surface area contributed by atoms with Gasteiger partial charge in [0.2, 0.25) is 0 Å². The normalized spacial score (nSPS) is 6.85. The van der Waals surface area contributed by atoms with Gasteiger partial charge in [-0.15, -0.1) is 0 Å². The van der Waals surface area contributed by atoms with Crippen molar-refractivity contribution in [2.45, 2.75) is 0 Å². The molecule has 1 rings (SSSR count). The molecule has 1 aromatic rings. The molecule has 1 heterocycles. The van der Waals surface area contributed by atoms with E-state index in [-0.39, 0.29) is 33.7 Å². The van der Waals surface area contributed by atoms with Gasteiger partial charge in [-0.3, -0.25) is 15.0 Å². The van der Waals surface area contributed by atoms with Crippen molar-refractivity contribution in [2.75, 3.05) is 0 Å². The van der Waals surface area contributed by atoms with Gasteiger partial charge >= 0.3 is 0 Å². The van der Waals surface area contributed by atoms with Crippen LogP contribution in [0.2, 0.25) is 0 Å². The summed E-state index contributed by atoms with van der Waals surface area (Å²) in [5, 5.41) is 8.12. The quantitative estimate of drug-likeness (QED) is 0.325. The maximum Gasteiger partial charge on any atom is 0.294 e. The fourth-order valence-electron chi connectivity index (χ4n) is 0.474. The molecule has 0 aliphatic heterocycles. The number of carbonyl (C=O) groups is 1. The van der Waals surface area contributed by atoms with Crippen LogP contribution in [0, 0.1) is 0 Å². The van der Waals surface area contributed by atoms with Crippen molar-refractivity contribution in [3.63, 3.8) is 0 Å². The number of aromatic nitrogens is 2. The van der Waals surface area contributed by atoms with Gasteiger partial charge in [0, 0.05) is 29.5 Å². The van der Waals surface area contributed by atoms with Gasteiger partial charge in [-0.2, -0.15) is 0 Å². The van der Waals surface area contributed by atoms with Crippen LogP contribution in [0.4, 0.5) is 0 Å². The van der Waals surface area contributed by atoms with E-state index in [0.29, 0.717) is 0 Å². The molecule has 1 radical (unpaired) electrons. The summed E-state index contributed by atoms with van der Waals surface area (Å²) < 4.78 is 0. The zero-order valence-electron chi connectivity index (χ0n) is 6.36. The third kappa shape index (κ3) is 5.23. The Bertz CT molecular complexity index is 232. The zero-order valence-corrected chi connectivity index (χ0v) is 7.54. The molecular weight excluding hydrogens is 221 g/mol. The van der Waals surface area contributed by atoms with E-state index in [1.807, 2.05) is 0 Å². The molecule has 13 heavy (non-hydrogen) atoms. The summed E-state index contributed by atoms with van der Waals surface area (Å²) in [7, 11) is 0. The molecule has 75 valence electrons. The van der Waals surface area contributed by atoms with Gasteiger partial charge in [-0.1, -0.05) is 0 Å². The number of hydrogen-bond acceptors (Lipinski definition) is 4. The van der Waals surface area contributed by atoms with Crippen LogP contribution in [0.3, 0.4) is 0 Å². The summed E-state index contributed by atoms with van der Waals surface area (Å²) in [6, 6.07) is 0. The molecule has 7 nitrogen and oxygen atoms in total. The number of carbonyl (C=O) groups excluding carboxylic acids is 1. The third-order valence-electron chi connectivity index (χ3n) is 0.897. The fraction of sp³-hybridized carbons (Fsp3) is 0. The zero-order chi connectivity index (χ0) is 7.40. The van der Waals surface area contributed by atoms with Crippen molar-refractivity contribution in [2.24, 2.45) is 0 Å². The minimum atomic E-state index is -0.659. The summed E-state index contributed by atoms with van der Waals surface area (Å²) in [6.07, 6.45) is 4.06. The molecule has 0 saturated carbocycles. The maximum atomic E-state index is 10.5. The molecule has 0 bridgehead atoms. The molecule has 0 fully saturated rings. The first-order chi connectivity index (χ1) is 4.84. The fourth-order valence-corrected chi connectivity index (χ4v) is 0.474. The van der Waals surface area contributed by atoms with Gasteiger partial charge in [0.15, 0.2) is 0 Å². The SMILES string of the molecule is O.O.O=C(NO)c1cnccn1.[Mn]. The number of nitrogens with zero attached hydrogens (tertiary/aromatic N) is 2. The summed E-state index contributed by atoms with van der Waals surface area (Å²) in [4.78, 5) is 17.8. The van der Waals surface area contributed by atoms with Crippen LogP contribution in [0.1, 0.15) is 10.5 Å². The Kier molecular flexibility index (Phi) is 12.4. The number of rotatable bonds is 1. The second kappa shape index (κ2) is 9.04. The molecule has 0 aliphatic carbocycles. The van der Waals surface area contributed by atoms with Crippen molar-refractivity contribution in [3.8, 4) is 0 Å². The minimum Gasteiger partial charge on any atom is -0.412 e. The second-order valence-electron chi connectivity index (χ2n) is 1.53. The average Bonchev–Trinajstić information content (AvgIpc) is 2.05. The number of hydroxylamine groups is 1. The molecule has 0 spiro atoms. The number of hydrogen-bond donors (Lipinski definition) is 2. The van der Waals surface area contributed by atoms with E-state index in [9.17, 15) is 4.79 Å². The molecule has 0 aliphatic rings. The Balaban J connectivity index is -0.000000333. The van der Waals surface area contributed by atoms with E-state index in [4.69, 9.17) is 5.21 Å². The Hall–Kier alpha value is -1.05. The van der Waals surface area contributed by atoms with Crippen LogP contribution in [0.25, 0.3) is 0 Å². The van der Waals surface area contributed by atoms with Gasteiger partial charge in [0.1, 0.15) is 5.69 Å². The van der Waals surface area contributed by atoms with Crippen LogP contribution >= 0.6 is 0 Å². The molecule has 1 aromatic heterocycles. The van der Waals surface area contributed by atoms with Crippen LogP contribution in [0.5, 0.6) is 0 Å². The van der Waals surface area contributed by atoms with Gasteiger partial charge in [-0.05, 0) is 0 Å². The van der Waals surface area contributed by atoms with Crippen LogP contribution in [0.15, 0.2) is 18.6 Å². The second-order valence-corrected chi connectivity index (χ2v) is 1.53. The first-order valence-electron chi connectivity index (χ1n) is 2.55. The van der Waals surface area contributed by atoms with Crippen LogP contribution < -0.4 is 5.48 Å². The standard InChI is InChI=1S/C5H5N3O2.Mn.2H2O/c9-5(8-10)4-3-6-1-2-7-4;;;/h1-3,10H,(H,8,9);;2*1H2. The average molecular weight is 230 g/mol. The third-order valence-corrected chi connectivity index (χ3v) is 0.897. The molecule has 0 aromatic carbocycles. The first kappa shape index (κ1) is 17.9. The summed E-state index contributed by atoms with van der Waals surface area (Å²) in [5.74, 6) is -0.659. The summed E-state index contributed by atoms with van der Waals surface area (Å²) in [5.41, 5.74) is 1.53. The van der Waals surface area contributed by atoms with Gasteiger partial charge in [0.05, 0.1) is 6.20 Å². The summed E-state index contributed by atoms with van der Waals surface area (Å²) in [6.45, 7) is 0. The molecule has 0 saturated heterocycles. The predicted molar refractivity (Wildman–Crippen MR) is 38.5 cm³/mol. The van der Waals surface area contributed by atoms with Gasteiger partial charge in [0.25, 0.3) is 5.91 Å². The van der Waals surface area contributed by atoms with Crippen molar-refractivity contribution >= 4 is 5.91 Å². The predicted octanol–water partition coefficient (Wildman–Crippen LogP) is -2.06. The number of amides is 1. The van der Waals surface area contributed by atoms with E-state index >= 15 is 0 Å². The monoisotopic (exact) mass is 230 g/mol. The van der Waals surface area contributed by atoms with Crippen molar-refractivity contribution in [3.05, 3.63) is 24.3 Å². The van der Waals surface area contributed by atoms with Crippen LogP contribution in [-0.4, -0.2) is 32.0 Å². The van der Waals surface area contributed by atoms with Crippen molar-refractivity contribution < 1.29 is 38.0 Å². The summed E-state index contributed by atoms with van der Waals surface area (Å²) >= 11 is 0. The minimum absolute atomic E-state index is 0. The van der Waals surface area contributed by atoms with Crippen molar-refractivity contribution in [1.29, 1.82) is 0 Å². The van der Waals surface area contributed by atoms with E-state index in [2.05, 4.69) is 9.97 Å². The Morgan fingerprint density at radius 2 is 2.00 bits per heavy atom. The topological polar surface area (TPSA) is 138 Å². The maximum absolute atomic E-state index is 10.5. The van der Waals surface area contributed by atoms with E-state index in [1.54, 1.807) is 0 Å². The molecule has 8 heteroatoms. The van der Waals surface area contributed by atoms with Crippen LogP contribution in [-0.2, 0) is 17.1 Å². The van der Waals surface area contributed by atoms with E-state index in [0.717, 1.165) is 0 Å². The smallest absolute Gasteiger partial charge is 0.294 e. The van der Waals surface area contributed by atoms with E-state index < -0.39 is 5.91 Å². The largest absolute Gasteiger partial charge is 0.412 e.